The van der Waals surface area contributed by atoms with Crippen LogP contribution in [0.4, 0.5) is 13.2 Å². The lowest BCUT2D eigenvalue weighted by Crippen LogP contribution is -2.48. The van der Waals surface area contributed by atoms with Crippen molar-refractivity contribution in [2.24, 2.45) is 5.92 Å². The Labute approximate surface area is 121 Å². The van der Waals surface area contributed by atoms with Crippen molar-refractivity contribution in [3.8, 4) is 11.8 Å². The molecule has 110 valence electrons. The number of carbonyl (C=O) groups is 1. The third-order valence-corrected chi connectivity index (χ3v) is 3.23. The smallest absolute Gasteiger partial charge is 0.331 e. The second-order valence-electron chi connectivity index (χ2n) is 4.82. The van der Waals surface area contributed by atoms with Crippen LogP contribution in [0.1, 0.15) is 18.1 Å². The number of nitrogens with zero attached hydrogens (tertiary/aromatic N) is 1. The maximum Gasteiger partial charge on any atom is 0.416 e. The SMILES string of the molecule is CC#CC(=O)N1CC(C=Cc2ccc(C(F)(F)F)cc2)C1. The molecule has 1 saturated heterocycles. The summed E-state index contributed by atoms with van der Waals surface area (Å²) in [5.41, 5.74) is 0.0549. The molecule has 5 heteroatoms. The molecule has 1 aliphatic heterocycles. The Morgan fingerprint density at radius 2 is 1.90 bits per heavy atom. The molecule has 0 atom stereocenters. The van der Waals surface area contributed by atoms with Crippen LogP contribution in [0.25, 0.3) is 6.08 Å². The van der Waals surface area contributed by atoms with Crippen LogP contribution in [-0.4, -0.2) is 23.9 Å². The monoisotopic (exact) mass is 293 g/mol. The summed E-state index contributed by atoms with van der Waals surface area (Å²) in [7, 11) is 0. The van der Waals surface area contributed by atoms with Crippen LogP contribution >= 0.6 is 0 Å². The predicted octanol–water partition coefficient (Wildman–Crippen LogP) is 3.20. The lowest BCUT2D eigenvalue weighted by molar-refractivity contribution is -0.137. The Kier molecular flexibility index (Phi) is 4.37. The molecule has 1 aromatic rings. The summed E-state index contributed by atoms with van der Waals surface area (Å²) in [6, 6.07) is 4.99. The van der Waals surface area contributed by atoms with Crippen LogP contribution in [0.15, 0.2) is 30.3 Å². The molecule has 1 aliphatic rings. The number of hydrogen-bond acceptors (Lipinski definition) is 1. The normalized spacial score (nSPS) is 15.5. The zero-order chi connectivity index (χ0) is 15.5. The Hall–Kier alpha value is -2.22. The van der Waals surface area contributed by atoms with Crippen molar-refractivity contribution in [3.05, 3.63) is 41.5 Å². The Morgan fingerprint density at radius 3 is 2.43 bits per heavy atom. The van der Waals surface area contributed by atoms with Gasteiger partial charge in [0.2, 0.25) is 0 Å². The summed E-state index contributed by atoms with van der Waals surface area (Å²) in [5.74, 6) is 5.07. The van der Waals surface area contributed by atoms with E-state index in [-0.39, 0.29) is 11.8 Å². The zero-order valence-corrected chi connectivity index (χ0v) is 11.4. The summed E-state index contributed by atoms with van der Waals surface area (Å²) < 4.78 is 37.2. The molecule has 0 unspecified atom stereocenters. The maximum absolute atomic E-state index is 12.4. The van der Waals surface area contributed by atoms with Crippen LogP contribution in [0, 0.1) is 17.8 Å². The first-order chi connectivity index (χ1) is 9.90. The van der Waals surface area contributed by atoms with E-state index in [0.29, 0.717) is 18.7 Å². The lowest BCUT2D eigenvalue weighted by atomic mass is 9.98. The molecule has 0 N–H and O–H groups in total. The summed E-state index contributed by atoms with van der Waals surface area (Å²) in [5, 5.41) is 0. The van der Waals surface area contributed by atoms with E-state index in [1.54, 1.807) is 17.9 Å². The molecule has 1 fully saturated rings. The van der Waals surface area contributed by atoms with Gasteiger partial charge in [-0.15, -0.1) is 0 Å². The minimum atomic E-state index is -4.31. The van der Waals surface area contributed by atoms with E-state index >= 15 is 0 Å². The lowest BCUT2D eigenvalue weighted by Gasteiger charge is -2.36. The molecule has 0 bridgehead atoms. The Balaban J connectivity index is 1.89. The van der Waals surface area contributed by atoms with Gasteiger partial charge in [-0.3, -0.25) is 4.79 Å². The third kappa shape index (κ3) is 3.88. The number of halogens is 3. The second-order valence-corrected chi connectivity index (χ2v) is 4.82. The van der Waals surface area contributed by atoms with Gasteiger partial charge < -0.3 is 4.90 Å². The first-order valence-corrected chi connectivity index (χ1v) is 6.47. The second kappa shape index (κ2) is 6.04. The van der Waals surface area contributed by atoms with Gasteiger partial charge in [0.15, 0.2) is 0 Å². The van der Waals surface area contributed by atoms with E-state index < -0.39 is 11.7 Å². The quantitative estimate of drug-likeness (QED) is 0.767. The standard InChI is InChI=1S/C16H14F3NO/c1-2-3-15(21)20-10-13(11-20)5-4-12-6-8-14(9-7-12)16(17,18)19/h4-9,13H,10-11H2,1H3. The highest BCUT2D eigenvalue weighted by molar-refractivity contribution is 5.94. The highest BCUT2D eigenvalue weighted by atomic mass is 19.4. The van der Waals surface area contributed by atoms with Gasteiger partial charge in [0.25, 0.3) is 5.91 Å². The average Bonchev–Trinajstić information content (AvgIpc) is 2.36. The molecule has 1 amide bonds. The van der Waals surface area contributed by atoms with Crippen LogP contribution in [0.5, 0.6) is 0 Å². The van der Waals surface area contributed by atoms with Crippen molar-refractivity contribution in [1.29, 1.82) is 0 Å². The number of alkyl halides is 3. The molecule has 1 heterocycles. The number of likely N-dealkylation sites (tertiary alicyclic amines) is 1. The van der Waals surface area contributed by atoms with Crippen molar-refractivity contribution in [3.63, 3.8) is 0 Å². The number of rotatable bonds is 2. The molecule has 0 aliphatic carbocycles. The van der Waals surface area contributed by atoms with Crippen LogP contribution in [-0.2, 0) is 11.0 Å². The summed E-state index contributed by atoms with van der Waals surface area (Å²) >= 11 is 0. The fourth-order valence-electron chi connectivity index (χ4n) is 2.02. The van der Waals surface area contributed by atoms with Gasteiger partial charge in [-0.05, 0) is 30.5 Å². The van der Waals surface area contributed by atoms with Crippen molar-refractivity contribution in [2.75, 3.05) is 13.1 Å². The fraction of sp³-hybridized carbons (Fsp3) is 0.312. The fourth-order valence-corrected chi connectivity index (χ4v) is 2.02. The Bertz CT molecular complexity index is 599. The van der Waals surface area contributed by atoms with E-state index in [9.17, 15) is 18.0 Å². The van der Waals surface area contributed by atoms with Gasteiger partial charge in [-0.25, -0.2) is 0 Å². The largest absolute Gasteiger partial charge is 0.416 e. The molecule has 0 aromatic heterocycles. The molecular formula is C16H14F3NO. The van der Waals surface area contributed by atoms with Crippen LogP contribution in [0.3, 0.4) is 0 Å². The van der Waals surface area contributed by atoms with E-state index in [0.717, 1.165) is 12.1 Å². The topological polar surface area (TPSA) is 20.3 Å². The minimum absolute atomic E-state index is 0.184. The van der Waals surface area contributed by atoms with E-state index in [1.165, 1.54) is 12.1 Å². The maximum atomic E-state index is 12.4. The highest BCUT2D eigenvalue weighted by Gasteiger charge is 2.30. The van der Waals surface area contributed by atoms with Crippen molar-refractivity contribution >= 4 is 12.0 Å². The van der Waals surface area contributed by atoms with Gasteiger partial charge in [-0.1, -0.05) is 30.2 Å². The van der Waals surface area contributed by atoms with E-state index in [2.05, 4.69) is 11.8 Å². The van der Waals surface area contributed by atoms with E-state index in [1.807, 2.05) is 6.08 Å². The van der Waals surface area contributed by atoms with Crippen LogP contribution < -0.4 is 0 Å². The summed E-state index contributed by atoms with van der Waals surface area (Å²) in [6.45, 7) is 2.81. The van der Waals surface area contributed by atoms with Crippen molar-refractivity contribution in [1.82, 2.24) is 4.90 Å². The number of amides is 1. The van der Waals surface area contributed by atoms with Gasteiger partial charge in [0.1, 0.15) is 0 Å². The first-order valence-electron chi connectivity index (χ1n) is 6.47. The predicted molar refractivity (Wildman–Crippen MR) is 74.0 cm³/mol. The molecule has 0 radical (unpaired) electrons. The number of carbonyl (C=O) groups excluding carboxylic acids is 1. The van der Waals surface area contributed by atoms with E-state index in [4.69, 9.17) is 0 Å². The van der Waals surface area contributed by atoms with Gasteiger partial charge in [0.05, 0.1) is 5.56 Å². The molecular weight excluding hydrogens is 279 g/mol. The summed E-state index contributed by atoms with van der Waals surface area (Å²) in [6.07, 6.45) is -0.624. The number of benzene rings is 1. The first kappa shape index (κ1) is 15.2. The molecule has 2 nitrogen and oxygen atoms in total. The zero-order valence-electron chi connectivity index (χ0n) is 11.4. The van der Waals surface area contributed by atoms with Crippen molar-refractivity contribution in [2.45, 2.75) is 13.1 Å². The highest BCUT2D eigenvalue weighted by Crippen LogP contribution is 2.29. The van der Waals surface area contributed by atoms with Crippen molar-refractivity contribution < 1.29 is 18.0 Å². The van der Waals surface area contributed by atoms with Gasteiger partial charge >= 0.3 is 6.18 Å². The average molecular weight is 293 g/mol. The van der Waals surface area contributed by atoms with Crippen LogP contribution in [0.2, 0.25) is 0 Å². The molecule has 0 saturated carbocycles. The van der Waals surface area contributed by atoms with Gasteiger partial charge in [0, 0.05) is 19.0 Å². The molecule has 0 spiro atoms. The summed E-state index contributed by atoms with van der Waals surface area (Å²) in [4.78, 5) is 13.0. The molecule has 21 heavy (non-hydrogen) atoms. The molecule has 2 rings (SSSR count). The minimum Gasteiger partial charge on any atom is -0.331 e. The Morgan fingerprint density at radius 1 is 1.29 bits per heavy atom. The molecule has 1 aromatic carbocycles. The van der Waals surface area contributed by atoms with Gasteiger partial charge in [-0.2, -0.15) is 13.2 Å². The number of hydrogen-bond donors (Lipinski definition) is 0. The third-order valence-electron chi connectivity index (χ3n) is 3.23.